The molecule has 0 spiro atoms. The molecule has 0 radical (unpaired) electrons. The van der Waals surface area contributed by atoms with Crippen LogP contribution in [-0.4, -0.2) is 55.6 Å². The third-order valence-electron chi connectivity index (χ3n) is 4.82. The number of hydrogen-bond donors (Lipinski definition) is 1. The van der Waals surface area contributed by atoms with Crippen molar-refractivity contribution in [1.29, 1.82) is 0 Å². The van der Waals surface area contributed by atoms with Gasteiger partial charge in [-0.15, -0.1) is 0 Å². The summed E-state index contributed by atoms with van der Waals surface area (Å²) in [7, 11) is 0. The van der Waals surface area contributed by atoms with Crippen molar-refractivity contribution in [2.24, 2.45) is 17.6 Å². The minimum absolute atomic E-state index is 0.770. The average Bonchev–Trinajstić information content (AvgIpc) is 2.48. The van der Waals surface area contributed by atoms with Crippen LogP contribution in [0.4, 0.5) is 0 Å². The third kappa shape index (κ3) is 10.3. The van der Waals surface area contributed by atoms with Crippen molar-refractivity contribution < 1.29 is 0 Å². The van der Waals surface area contributed by atoms with Crippen LogP contribution in [0.5, 0.6) is 0 Å². The van der Waals surface area contributed by atoms with Crippen molar-refractivity contribution >= 4 is 0 Å². The van der Waals surface area contributed by atoms with Crippen LogP contribution in [0.1, 0.15) is 60.3 Å². The lowest BCUT2D eigenvalue weighted by atomic mass is 9.88. The topological polar surface area (TPSA) is 32.5 Å². The number of nitrogens with zero attached hydrogens (tertiary/aromatic N) is 2. The summed E-state index contributed by atoms with van der Waals surface area (Å²) in [6.45, 7) is 19.6. The molecule has 3 nitrogen and oxygen atoms in total. The van der Waals surface area contributed by atoms with Gasteiger partial charge in [0.2, 0.25) is 0 Å². The highest BCUT2D eigenvalue weighted by Gasteiger charge is 2.13. The zero-order chi connectivity index (χ0) is 16.1. The molecule has 2 N–H and O–H groups in total. The van der Waals surface area contributed by atoms with E-state index in [1.807, 2.05) is 0 Å². The maximum Gasteiger partial charge on any atom is -0.000666 e. The van der Waals surface area contributed by atoms with Crippen LogP contribution >= 0.6 is 0 Å². The number of hydrogen-bond acceptors (Lipinski definition) is 3. The maximum atomic E-state index is 5.73. The van der Waals surface area contributed by atoms with Gasteiger partial charge in [-0.25, -0.2) is 0 Å². The molecule has 0 saturated heterocycles. The van der Waals surface area contributed by atoms with E-state index in [1.54, 1.807) is 0 Å². The fourth-order valence-corrected chi connectivity index (χ4v) is 3.09. The van der Waals surface area contributed by atoms with E-state index >= 15 is 0 Å². The predicted octanol–water partition coefficient (Wildman–Crippen LogP) is 3.44. The molecular formula is C18H41N3. The van der Waals surface area contributed by atoms with Crippen LogP contribution in [0.15, 0.2) is 0 Å². The lowest BCUT2D eigenvalue weighted by Gasteiger charge is -2.25. The molecule has 0 aliphatic heterocycles. The minimum Gasteiger partial charge on any atom is -0.330 e. The first-order valence-electron chi connectivity index (χ1n) is 9.23. The molecule has 0 heterocycles. The first-order valence-corrected chi connectivity index (χ1v) is 9.23. The smallest absolute Gasteiger partial charge is 0.000666 e. The Morgan fingerprint density at radius 3 is 1.76 bits per heavy atom. The van der Waals surface area contributed by atoms with Gasteiger partial charge < -0.3 is 15.5 Å². The Kier molecular flexibility index (Phi) is 13.5. The Labute approximate surface area is 134 Å². The molecule has 0 aromatic rings. The van der Waals surface area contributed by atoms with Gasteiger partial charge in [0.05, 0.1) is 0 Å². The van der Waals surface area contributed by atoms with Crippen LogP contribution in [0.25, 0.3) is 0 Å². The van der Waals surface area contributed by atoms with E-state index in [0.717, 1.165) is 18.4 Å². The Morgan fingerprint density at radius 2 is 1.29 bits per heavy atom. The third-order valence-corrected chi connectivity index (χ3v) is 4.82. The molecule has 0 rings (SSSR count). The lowest BCUT2D eigenvalue weighted by Crippen LogP contribution is -2.31. The maximum absolute atomic E-state index is 5.73. The molecule has 0 aromatic heterocycles. The first-order chi connectivity index (χ1) is 10.1. The standard InChI is InChI=1S/C18H41N3/c1-6-20(7-2)15-10-16-21(8-3)14-9-11-18(12-13-19)17(4)5/h17-18H,6-16,19H2,1-5H3. The molecule has 1 unspecified atom stereocenters. The Bertz CT molecular complexity index is 215. The highest BCUT2D eigenvalue weighted by atomic mass is 15.1. The van der Waals surface area contributed by atoms with Crippen LogP contribution in [-0.2, 0) is 0 Å². The number of rotatable bonds is 14. The second-order valence-electron chi connectivity index (χ2n) is 6.54. The molecule has 0 saturated carbocycles. The fraction of sp³-hybridized carbons (Fsp3) is 1.00. The van der Waals surface area contributed by atoms with Gasteiger partial charge in [-0.1, -0.05) is 34.6 Å². The van der Waals surface area contributed by atoms with Crippen LogP contribution < -0.4 is 5.73 Å². The molecule has 1 atom stereocenters. The number of nitrogens with two attached hydrogens (primary N) is 1. The van der Waals surface area contributed by atoms with E-state index < -0.39 is 0 Å². The van der Waals surface area contributed by atoms with E-state index in [-0.39, 0.29) is 0 Å². The molecule has 0 fully saturated rings. The summed E-state index contributed by atoms with van der Waals surface area (Å²) < 4.78 is 0. The minimum atomic E-state index is 0.770. The van der Waals surface area contributed by atoms with Gasteiger partial charge >= 0.3 is 0 Å². The van der Waals surface area contributed by atoms with Crippen LogP contribution in [0.2, 0.25) is 0 Å². The highest BCUT2D eigenvalue weighted by molar-refractivity contribution is 4.66. The Balaban J connectivity index is 3.87. The second kappa shape index (κ2) is 13.5. The molecule has 0 aromatic carbocycles. The summed E-state index contributed by atoms with van der Waals surface area (Å²) in [5.74, 6) is 1.58. The predicted molar refractivity (Wildman–Crippen MR) is 95.8 cm³/mol. The summed E-state index contributed by atoms with van der Waals surface area (Å²) in [4.78, 5) is 5.13. The van der Waals surface area contributed by atoms with Crippen LogP contribution in [0.3, 0.4) is 0 Å². The first kappa shape index (κ1) is 20.9. The summed E-state index contributed by atoms with van der Waals surface area (Å²) in [6.07, 6.45) is 5.14. The molecular weight excluding hydrogens is 258 g/mol. The fourth-order valence-electron chi connectivity index (χ4n) is 3.09. The molecule has 128 valence electrons. The molecule has 0 aliphatic rings. The van der Waals surface area contributed by atoms with Gasteiger partial charge in [0.15, 0.2) is 0 Å². The van der Waals surface area contributed by atoms with Crippen molar-refractivity contribution in [1.82, 2.24) is 9.80 Å². The van der Waals surface area contributed by atoms with Crippen LogP contribution in [0, 0.1) is 11.8 Å². The monoisotopic (exact) mass is 299 g/mol. The quantitative estimate of drug-likeness (QED) is 0.533. The van der Waals surface area contributed by atoms with E-state index in [1.165, 1.54) is 65.0 Å². The van der Waals surface area contributed by atoms with Gasteiger partial charge in [0.1, 0.15) is 0 Å². The summed E-state index contributed by atoms with van der Waals surface area (Å²) in [5, 5.41) is 0. The molecule has 0 amide bonds. The summed E-state index contributed by atoms with van der Waals surface area (Å²) >= 11 is 0. The SMILES string of the molecule is CCN(CC)CCCN(CC)CCCC(CCN)C(C)C. The van der Waals surface area contributed by atoms with Crippen molar-refractivity contribution in [3.63, 3.8) is 0 Å². The second-order valence-corrected chi connectivity index (χ2v) is 6.54. The zero-order valence-corrected chi connectivity index (χ0v) is 15.4. The Hall–Kier alpha value is -0.120. The average molecular weight is 300 g/mol. The lowest BCUT2D eigenvalue weighted by molar-refractivity contribution is 0.230. The Morgan fingerprint density at radius 1 is 0.762 bits per heavy atom. The molecule has 3 heteroatoms. The summed E-state index contributed by atoms with van der Waals surface area (Å²) in [6, 6.07) is 0. The van der Waals surface area contributed by atoms with Gasteiger partial charge in [-0.3, -0.25) is 0 Å². The van der Waals surface area contributed by atoms with Crippen molar-refractivity contribution in [3.8, 4) is 0 Å². The van der Waals surface area contributed by atoms with Crippen molar-refractivity contribution in [2.45, 2.75) is 60.3 Å². The zero-order valence-electron chi connectivity index (χ0n) is 15.4. The van der Waals surface area contributed by atoms with Gasteiger partial charge in [0.25, 0.3) is 0 Å². The summed E-state index contributed by atoms with van der Waals surface area (Å²) in [5.41, 5.74) is 5.73. The molecule has 0 aliphatic carbocycles. The van der Waals surface area contributed by atoms with Gasteiger partial charge in [0, 0.05) is 0 Å². The van der Waals surface area contributed by atoms with E-state index in [9.17, 15) is 0 Å². The van der Waals surface area contributed by atoms with E-state index in [4.69, 9.17) is 5.73 Å². The van der Waals surface area contributed by atoms with Gasteiger partial charge in [-0.2, -0.15) is 0 Å². The highest BCUT2D eigenvalue weighted by Crippen LogP contribution is 2.20. The van der Waals surface area contributed by atoms with Gasteiger partial charge in [-0.05, 0) is 83.3 Å². The van der Waals surface area contributed by atoms with Crippen molar-refractivity contribution in [2.75, 3.05) is 45.8 Å². The molecule has 21 heavy (non-hydrogen) atoms. The van der Waals surface area contributed by atoms with E-state index in [0.29, 0.717) is 0 Å². The normalized spacial score (nSPS) is 13.6. The van der Waals surface area contributed by atoms with E-state index in [2.05, 4.69) is 44.4 Å². The molecule has 0 bridgehead atoms. The largest absolute Gasteiger partial charge is 0.330 e. The van der Waals surface area contributed by atoms with Crippen molar-refractivity contribution in [3.05, 3.63) is 0 Å².